The van der Waals surface area contributed by atoms with Crippen LogP contribution in [0.15, 0.2) is 11.6 Å². The molecule has 6 heteroatoms. The minimum atomic E-state index is -0.482. The van der Waals surface area contributed by atoms with Crippen LogP contribution in [0.3, 0.4) is 0 Å². The highest BCUT2D eigenvalue weighted by atomic mass is 32.1. The normalized spacial score (nSPS) is 17.1. The summed E-state index contributed by atoms with van der Waals surface area (Å²) in [5, 5.41) is 2.38. The zero-order chi connectivity index (χ0) is 14.8. The highest BCUT2D eigenvalue weighted by molar-refractivity contribution is 7.11. The summed E-state index contributed by atoms with van der Waals surface area (Å²) < 4.78 is 5.34. The number of amides is 1. The van der Waals surface area contributed by atoms with Gasteiger partial charge in [-0.15, -0.1) is 11.3 Å². The highest BCUT2D eigenvalue weighted by Gasteiger charge is 2.30. The molecular weight excluding hydrogens is 276 g/mol. The zero-order valence-electron chi connectivity index (χ0n) is 12.1. The molecule has 2 rings (SSSR count). The molecule has 110 valence electrons. The largest absolute Gasteiger partial charge is 0.444 e. The molecule has 0 saturated carbocycles. The van der Waals surface area contributed by atoms with Gasteiger partial charge in [-0.2, -0.15) is 0 Å². The smallest absolute Gasteiger partial charge is 0.410 e. The van der Waals surface area contributed by atoms with Gasteiger partial charge in [0.15, 0.2) is 10.8 Å². The summed E-state index contributed by atoms with van der Waals surface area (Å²) in [5.41, 5.74) is -0.482. The van der Waals surface area contributed by atoms with Gasteiger partial charge in [-0.3, -0.25) is 4.79 Å². The first-order valence-corrected chi connectivity index (χ1v) is 7.66. The van der Waals surface area contributed by atoms with Crippen LogP contribution in [0.1, 0.15) is 43.4 Å². The Labute approximate surface area is 122 Å². The Morgan fingerprint density at radius 3 is 2.50 bits per heavy atom. The Balaban J connectivity index is 1.86. The number of hydrogen-bond donors (Lipinski definition) is 0. The lowest BCUT2D eigenvalue weighted by Gasteiger charge is -2.32. The van der Waals surface area contributed by atoms with Crippen molar-refractivity contribution in [3.8, 4) is 0 Å². The number of thiazole rings is 1. The number of Topliss-reactive ketones (excluding diaryl/α,β-unsaturated/α-hetero) is 1. The number of ether oxygens (including phenoxy) is 1. The molecule has 2 heterocycles. The van der Waals surface area contributed by atoms with E-state index in [4.69, 9.17) is 4.74 Å². The van der Waals surface area contributed by atoms with E-state index in [9.17, 15) is 9.59 Å². The van der Waals surface area contributed by atoms with Crippen molar-refractivity contribution in [2.75, 3.05) is 13.1 Å². The topological polar surface area (TPSA) is 59.5 Å². The second-order valence-electron chi connectivity index (χ2n) is 5.94. The summed E-state index contributed by atoms with van der Waals surface area (Å²) in [6.07, 6.45) is 2.71. The summed E-state index contributed by atoms with van der Waals surface area (Å²) in [6.45, 7) is 6.68. The van der Waals surface area contributed by atoms with Gasteiger partial charge in [-0.05, 0) is 33.6 Å². The van der Waals surface area contributed by atoms with Crippen molar-refractivity contribution < 1.29 is 14.3 Å². The van der Waals surface area contributed by atoms with Gasteiger partial charge in [0, 0.05) is 30.6 Å². The van der Waals surface area contributed by atoms with E-state index in [-0.39, 0.29) is 17.8 Å². The van der Waals surface area contributed by atoms with Crippen molar-refractivity contribution in [2.24, 2.45) is 5.92 Å². The Bertz CT molecular complexity index is 471. The number of carbonyl (C=O) groups excluding carboxylic acids is 2. The minimum absolute atomic E-state index is 0.0279. The third kappa shape index (κ3) is 3.79. The van der Waals surface area contributed by atoms with Gasteiger partial charge in [-0.1, -0.05) is 0 Å². The fourth-order valence-corrected chi connectivity index (χ4v) is 2.83. The van der Waals surface area contributed by atoms with Gasteiger partial charge in [0.2, 0.25) is 0 Å². The first kappa shape index (κ1) is 15.0. The SMILES string of the molecule is CC(C)(C)OC(=O)N1CCC(C(=O)c2nccs2)CC1. The van der Waals surface area contributed by atoms with Gasteiger partial charge in [-0.25, -0.2) is 9.78 Å². The Morgan fingerprint density at radius 2 is 2.00 bits per heavy atom. The first-order valence-electron chi connectivity index (χ1n) is 6.78. The first-order chi connectivity index (χ1) is 9.37. The summed E-state index contributed by atoms with van der Waals surface area (Å²) in [7, 11) is 0. The summed E-state index contributed by atoms with van der Waals surface area (Å²) in [4.78, 5) is 29.8. The van der Waals surface area contributed by atoms with E-state index in [1.54, 1.807) is 11.1 Å². The lowest BCUT2D eigenvalue weighted by molar-refractivity contribution is 0.0182. The van der Waals surface area contributed by atoms with Crippen LogP contribution in [0.4, 0.5) is 4.79 Å². The average molecular weight is 296 g/mol. The number of nitrogens with zero attached hydrogens (tertiary/aromatic N) is 2. The standard InChI is InChI=1S/C14H20N2O3S/c1-14(2,3)19-13(18)16-7-4-10(5-8-16)11(17)12-15-6-9-20-12/h6,9-10H,4-5,7-8H2,1-3H3. The predicted molar refractivity (Wildman–Crippen MR) is 77.0 cm³/mol. The molecule has 0 radical (unpaired) electrons. The molecule has 1 fully saturated rings. The number of carbonyl (C=O) groups is 2. The molecule has 0 N–H and O–H groups in total. The zero-order valence-corrected chi connectivity index (χ0v) is 12.9. The summed E-state index contributed by atoms with van der Waals surface area (Å²) >= 11 is 1.37. The van der Waals surface area contributed by atoms with Crippen molar-refractivity contribution in [1.82, 2.24) is 9.88 Å². The Kier molecular flexibility index (Phi) is 4.42. The maximum absolute atomic E-state index is 12.2. The minimum Gasteiger partial charge on any atom is -0.444 e. The molecule has 0 unspecified atom stereocenters. The molecule has 1 amide bonds. The maximum atomic E-state index is 12.2. The quantitative estimate of drug-likeness (QED) is 0.787. The molecule has 1 saturated heterocycles. The Morgan fingerprint density at radius 1 is 1.35 bits per heavy atom. The van der Waals surface area contributed by atoms with E-state index >= 15 is 0 Å². The van der Waals surface area contributed by atoms with Crippen molar-refractivity contribution in [3.63, 3.8) is 0 Å². The molecular formula is C14H20N2O3S. The van der Waals surface area contributed by atoms with Gasteiger partial charge >= 0.3 is 6.09 Å². The predicted octanol–water partition coefficient (Wildman–Crippen LogP) is 2.97. The molecule has 5 nitrogen and oxygen atoms in total. The molecule has 0 atom stereocenters. The fraction of sp³-hybridized carbons (Fsp3) is 0.643. The van der Waals surface area contributed by atoms with E-state index < -0.39 is 5.60 Å². The lowest BCUT2D eigenvalue weighted by atomic mass is 9.93. The fourth-order valence-electron chi connectivity index (χ4n) is 2.17. The van der Waals surface area contributed by atoms with Crippen LogP contribution in [-0.2, 0) is 4.74 Å². The molecule has 1 aliphatic heterocycles. The number of hydrogen-bond acceptors (Lipinski definition) is 5. The molecule has 0 spiro atoms. The van der Waals surface area contributed by atoms with E-state index in [2.05, 4.69) is 4.98 Å². The van der Waals surface area contributed by atoms with Crippen LogP contribution < -0.4 is 0 Å². The van der Waals surface area contributed by atoms with Crippen molar-refractivity contribution in [2.45, 2.75) is 39.2 Å². The van der Waals surface area contributed by atoms with Crippen LogP contribution >= 0.6 is 11.3 Å². The van der Waals surface area contributed by atoms with Crippen LogP contribution in [0.25, 0.3) is 0 Å². The van der Waals surface area contributed by atoms with Crippen LogP contribution in [-0.4, -0.2) is 40.5 Å². The van der Waals surface area contributed by atoms with Crippen LogP contribution in [0, 0.1) is 5.92 Å². The number of ketones is 1. The van der Waals surface area contributed by atoms with Gasteiger partial charge in [0.1, 0.15) is 5.60 Å². The molecule has 1 aromatic rings. The molecule has 0 aromatic carbocycles. The Hall–Kier alpha value is -1.43. The molecule has 0 bridgehead atoms. The highest BCUT2D eigenvalue weighted by Crippen LogP contribution is 2.23. The summed E-state index contributed by atoms with van der Waals surface area (Å²) in [6, 6.07) is 0. The van der Waals surface area contributed by atoms with E-state index in [0.717, 1.165) is 0 Å². The molecule has 1 aromatic heterocycles. The second kappa shape index (κ2) is 5.91. The monoisotopic (exact) mass is 296 g/mol. The number of likely N-dealkylation sites (tertiary alicyclic amines) is 1. The average Bonchev–Trinajstić information content (AvgIpc) is 2.90. The van der Waals surface area contributed by atoms with Crippen molar-refractivity contribution in [3.05, 3.63) is 16.6 Å². The molecule has 20 heavy (non-hydrogen) atoms. The number of rotatable bonds is 2. The number of aromatic nitrogens is 1. The van der Waals surface area contributed by atoms with E-state index in [1.165, 1.54) is 11.3 Å². The van der Waals surface area contributed by atoms with E-state index in [0.29, 0.717) is 30.9 Å². The molecule has 0 aliphatic carbocycles. The van der Waals surface area contributed by atoms with Gasteiger partial charge in [0.25, 0.3) is 0 Å². The third-order valence-electron chi connectivity index (χ3n) is 3.16. The van der Waals surface area contributed by atoms with Crippen LogP contribution in [0.5, 0.6) is 0 Å². The lowest BCUT2D eigenvalue weighted by Crippen LogP contribution is -2.43. The maximum Gasteiger partial charge on any atom is 0.410 e. The third-order valence-corrected chi connectivity index (χ3v) is 3.95. The second-order valence-corrected chi connectivity index (χ2v) is 6.84. The van der Waals surface area contributed by atoms with Gasteiger partial charge < -0.3 is 9.64 Å². The summed E-state index contributed by atoms with van der Waals surface area (Å²) in [5.74, 6) is 0.0728. The van der Waals surface area contributed by atoms with Crippen molar-refractivity contribution in [1.29, 1.82) is 0 Å². The van der Waals surface area contributed by atoms with Gasteiger partial charge in [0.05, 0.1) is 0 Å². The van der Waals surface area contributed by atoms with E-state index in [1.807, 2.05) is 26.2 Å². The van der Waals surface area contributed by atoms with Crippen LogP contribution in [0.2, 0.25) is 0 Å². The molecule has 1 aliphatic rings. The van der Waals surface area contributed by atoms with Crippen molar-refractivity contribution >= 4 is 23.2 Å². The number of piperidine rings is 1.